The average molecular weight is 691 g/mol. The van der Waals surface area contributed by atoms with Crippen molar-refractivity contribution < 1.29 is 10.2 Å². The van der Waals surface area contributed by atoms with E-state index in [1.54, 1.807) is 12.1 Å². The van der Waals surface area contributed by atoms with Gasteiger partial charge in [-0.05, 0) is 58.4 Å². The summed E-state index contributed by atoms with van der Waals surface area (Å²) >= 11 is 0. The predicted molar refractivity (Wildman–Crippen MR) is 203 cm³/mol. The Kier molecular flexibility index (Phi) is 8.05. The molecule has 2 saturated carbocycles. The van der Waals surface area contributed by atoms with Crippen LogP contribution in [0.15, 0.2) is 107 Å². The second-order valence-electron chi connectivity index (χ2n) is 14.4. The molecule has 4 aromatic heterocycles. The lowest BCUT2D eigenvalue weighted by Gasteiger charge is -2.30. The van der Waals surface area contributed by atoms with Crippen LogP contribution in [0.25, 0.3) is 43.6 Å². The second kappa shape index (κ2) is 13.0. The van der Waals surface area contributed by atoms with Crippen molar-refractivity contribution in [2.75, 3.05) is 0 Å². The third-order valence-corrected chi connectivity index (χ3v) is 10.7. The van der Waals surface area contributed by atoms with Gasteiger partial charge in [-0.1, -0.05) is 84.9 Å². The molecule has 2 aliphatic rings. The lowest BCUT2D eigenvalue weighted by molar-refractivity contribution is 0.0733. The largest absolute Gasteiger partial charge is 0.393 e. The predicted octanol–water partition coefficient (Wildman–Crippen LogP) is 6.47. The molecule has 4 aromatic carbocycles. The first kappa shape index (κ1) is 32.1. The molecule has 0 bridgehead atoms. The van der Waals surface area contributed by atoms with Gasteiger partial charge < -0.3 is 20.2 Å². The van der Waals surface area contributed by atoms with Gasteiger partial charge in [0.25, 0.3) is 0 Å². The summed E-state index contributed by atoms with van der Waals surface area (Å²) in [5.41, 5.74) is 6.88. The Morgan fingerprint density at radius 1 is 0.538 bits per heavy atom. The molecule has 2 fully saturated rings. The topological polar surface area (TPSA) is 164 Å². The van der Waals surface area contributed by atoms with Gasteiger partial charge in [-0.25, -0.2) is 0 Å². The zero-order valence-electron chi connectivity index (χ0n) is 28.4. The summed E-state index contributed by atoms with van der Waals surface area (Å²) in [5, 5.41) is 39.7. The number of aliphatic hydroxyl groups is 2. The van der Waals surface area contributed by atoms with Crippen LogP contribution >= 0.6 is 0 Å². The fourth-order valence-electron chi connectivity index (χ4n) is 7.79. The van der Waals surface area contributed by atoms with E-state index in [-0.39, 0.29) is 34.9 Å². The molecule has 0 amide bonds. The van der Waals surface area contributed by atoms with Crippen molar-refractivity contribution >= 4 is 43.6 Å². The van der Waals surface area contributed by atoms with Crippen LogP contribution in [0, 0.1) is 0 Å². The van der Waals surface area contributed by atoms with Gasteiger partial charge in [0, 0.05) is 48.2 Å². The van der Waals surface area contributed by atoms with E-state index in [1.807, 2.05) is 24.3 Å². The van der Waals surface area contributed by atoms with Gasteiger partial charge in [-0.3, -0.25) is 19.8 Å². The molecule has 8 aromatic rings. The molecule has 52 heavy (non-hydrogen) atoms. The number of benzene rings is 4. The number of aromatic nitrogens is 6. The highest BCUT2D eigenvalue weighted by Crippen LogP contribution is 2.38. The third-order valence-electron chi connectivity index (χ3n) is 10.7. The molecule has 0 radical (unpaired) electrons. The molecule has 0 aliphatic heterocycles. The number of hydrogen-bond acceptors (Lipinski definition) is 6. The van der Waals surface area contributed by atoms with Gasteiger partial charge in [-0.2, -0.15) is 10.2 Å². The Bertz CT molecular complexity index is 2520. The Morgan fingerprint density at radius 3 is 1.35 bits per heavy atom. The minimum absolute atomic E-state index is 0.0142. The first-order valence-electron chi connectivity index (χ1n) is 17.9. The second-order valence-corrected chi connectivity index (χ2v) is 14.4. The first-order chi connectivity index (χ1) is 25.3. The van der Waals surface area contributed by atoms with Crippen molar-refractivity contribution in [1.29, 1.82) is 0 Å². The summed E-state index contributed by atoms with van der Waals surface area (Å²) in [6.45, 7) is 0. The third kappa shape index (κ3) is 6.10. The highest BCUT2D eigenvalue weighted by molar-refractivity contribution is 5.84. The van der Waals surface area contributed by atoms with Gasteiger partial charge in [0.15, 0.2) is 22.2 Å². The molecule has 4 heterocycles. The van der Waals surface area contributed by atoms with Crippen LogP contribution in [-0.2, 0) is 12.8 Å². The molecule has 10 heteroatoms. The maximum atomic E-state index is 12.7. The smallest absolute Gasteiger partial charge is 0.193 e. The number of hydrogen-bond donors (Lipinski definition) is 6. The highest BCUT2D eigenvalue weighted by Gasteiger charge is 2.33. The van der Waals surface area contributed by atoms with Crippen molar-refractivity contribution in [3.63, 3.8) is 0 Å². The minimum Gasteiger partial charge on any atom is -0.393 e. The van der Waals surface area contributed by atoms with Crippen LogP contribution in [0.1, 0.15) is 71.4 Å². The van der Waals surface area contributed by atoms with E-state index in [2.05, 4.69) is 91.0 Å². The molecule has 6 N–H and O–H groups in total. The Balaban J connectivity index is 0.000000138. The van der Waals surface area contributed by atoms with Gasteiger partial charge in [0.1, 0.15) is 0 Å². The van der Waals surface area contributed by atoms with E-state index in [0.717, 1.165) is 33.9 Å². The summed E-state index contributed by atoms with van der Waals surface area (Å²) in [5.74, 6) is 0.393. The van der Waals surface area contributed by atoms with Crippen molar-refractivity contribution in [3.05, 3.63) is 151 Å². The summed E-state index contributed by atoms with van der Waals surface area (Å²) in [6.07, 6.45) is 3.55. The number of pyridine rings is 2. The number of aliphatic hydroxyl groups excluding tert-OH is 2. The Labute approximate surface area is 297 Å². The van der Waals surface area contributed by atoms with Crippen LogP contribution in [-0.4, -0.2) is 52.8 Å². The summed E-state index contributed by atoms with van der Waals surface area (Å²) in [4.78, 5) is 31.9. The molecule has 260 valence electrons. The number of nitrogens with zero attached hydrogens (tertiary/aromatic N) is 2. The quantitative estimate of drug-likeness (QED) is 0.117. The molecular weight excluding hydrogens is 653 g/mol. The fourth-order valence-corrected chi connectivity index (χ4v) is 7.79. The van der Waals surface area contributed by atoms with Crippen LogP contribution in [0.5, 0.6) is 0 Å². The molecule has 0 spiro atoms. The molecular formula is C42H38N6O4. The number of nitrogens with one attached hydrogen (secondary N) is 4. The summed E-state index contributed by atoms with van der Waals surface area (Å²) in [7, 11) is 0. The fraction of sp³-hybridized carbons (Fsp3) is 0.238. The van der Waals surface area contributed by atoms with Gasteiger partial charge in [0.2, 0.25) is 0 Å². The maximum absolute atomic E-state index is 12.7. The van der Waals surface area contributed by atoms with Gasteiger partial charge >= 0.3 is 0 Å². The van der Waals surface area contributed by atoms with E-state index in [0.29, 0.717) is 60.6 Å². The maximum Gasteiger partial charge on any atom is 0.193 e. The normalized spacial score (nSPS) is 19.7. The number of aromatic amines is 4. The molecule has 2 aliphatic carbocycles. The first-order valence-corrected chi connectivity index (χ1v) is 17.9. The number of H-pyrrole nitrogens is 4. The van der Waals surface area contributed by atoms with Crippen molar-refractivity contribution in [3.8, 4) is 0 Å². The lowest BCUT2D eigenvalue weighted by atomic mass is 9.79. The van der Waals surface area contributed by atoms with Crippen molar-refractivity contribution in [1.82, 2.24) is 30.4 Å². The van der Waals surface area contributed by atoms with E-state index < -0.39 is 0 Å². The minimum atomic E-state index is -0.260. The SMILES string of the molecule is O=c1cc(Cc2ccc3ccccc3c2)[nH]c2n[nH]c(C3CC(O)C3)c12.O=c1cc(Cc2ccc3ccccc3c2)[nH]c2n[nH]c(C3CC(O)C3)c12. The van der Waals surface area contributed by atoms with Crippen molar-refractivity contribution in [2.24, 2.45) is 0 Å². The Morgan fingerprint density at radius 2 is 0.942 bits per heavy atom. The van der Waals surface area contributed by atoms with E-state index in [9.17, 15) is 19.8 Å². The molecule has 0 atom stereocenters. The molecule has 10 nitrogen and oxygen atoms in total. The molecule has 0 unspecified atom stereocenters. The molecule has 0 saturated heterocycles. The summed E-state index contributed by atoms with van der Waals surface area (Å²) < 4.78 is 0. The van der Waals surface area contributed by atoms with Gasteiger partial charge in [-0.15, -0.1) is 0 Å². The summed E-state index contributed by atoms with van der Waals surface area (Å²) in [6, 6.07) is 32.6. The van der Waals surface area contributed by atoms with E-state index >= 15 is 0 Å². The van der Waals surface area contributed by atoms with Crippen LogP contribution in [0.3, 0.4) is 0 Å². The van der Waals surface area contributed by atoms with Crippen LogP contribution in [0.4, 0.5) is 0 Å². The van der Waals surface area contributed by atoms with Crippen LogP contribution < -0.4 is 10.9 Å². The lowest BCUT2D eigenvalue weighted by Crippen LogP contribution is -2.27. The van der Waals surface area contributed by atoms with Crippen molar-refractivity contribution in [2.45, 2.75) is 62.6 Å². The Hall–Kier alpha value is -5.84. The van der Waals surface area contributed by atoms with Crippen LogP contribution in [0.2, 0.25) is 0 Å². The zero-order chi connectivity index (χ0) is 35.3. The molecule has 10 rings (SSSR count). The number of rotatable bonds is 6. The van der Waals surface area contributed by atoms with E-state index in [4.69, 9.17) is 0 Å². The monoisotopic (exact) mass is 690 g/mol. The average Bonchev–Trinajstić information content (AvgIpc) is 3.74. The zero-order valence-corrected chi connectivity index (χ0v) is 28.4. The number of fused-ring (bicyclic) bond motifs is 4. The highest BCUT2D eigenvalue weighted by atomic mass is 16.3. The van der Waals surface area contributed by atoms with Gasteiger partial charge in [0.05, 0.1) is 34.4 Å². The standard InChI is InChI=1S/2C21H19N3O2/c2*25-17-9-15(10-17)20-19-18(26)11-16(22-21(19)24-23-20)8-12-5-6-13-3-1-2-4-14(13)7-12/h2*1-7,11,15,17,25H,8-10H2,(H2,22,23,24,26). The van der Waals surface area contributed by atoms with E-state index in [1.165, 1.54) is 21.5 Å².